The molecule has 0 fully saturated rings. The Balaban J connectivity index is 2.86. The van der Waals surface area contributed by atoms with Crippen LogP contribution in [0.5, 0.6) is 11.5 Å². The molecule has 0 amide bonds. The largest absolute Gasteiger partial charge is 0.508 e. The van der Waals surface area contributed by atoms with Crippen LogP contribution in [-0.2, 0) is 0 Å². The monoisotopic (exact) mass is 191 g/mol. The summed E-state index contributed by atoms with van der Waals surface area (Å²) in [5.41, 5.74) is 0.137. The number of ketones is 1. The van der Waals surface area contributed by atoms with E-state index < -0.39 is 0 Å². The maximum absolute atomic E-state index is 11.3. The summed E-state index contributed by atoms with van der Waals surface area (Å²) in [5.74, 6) is -0.656. The molecule has 4 heteroatoms. The summed E-state index contributed by atoms with van der Waals surface area (Å²) in [5, 5.41) is 26.5. The van der Waals surface area contributed by atoms with Gasteiger partial charge in [-0.25, -0.2) is 0 Å². The fraction of sp³-hybridized carbons (Fsp3) is 0.200. The number of phenolic OH excluding ortho intramolecular Hbond substituents is 2. The highest BCUT2D eigenvalue weighted by Gasteiger charge is 2.10. The van der Waals surface area contributed by atoms with Crippen LogP contribution >= 0.6 is 0 Å². The number of Topliss-reactive ketones (excluding diaryl/α,β-unsaturated/α-hetero) is 1. The number of benzene rings is 1. The molecule has 0 saturated heterocycles. The van der Waals surface area contributed by atoms with E-state index >= 15 is 0 Å². The van der Waals surface area contributed by atoms with Crippen LogP contribution in [0.4, 0.5) is 0 Å². The van der Waals surface area contributed by atoms with Crippen LogP contribution in [0, 0.1) is 11.3 Å². The molecule has 0 unspecified atom stereocenters. The highest BCUT2D eigenvalue weighted by Crippen LogP contribution is 2.23. The molecule has 0 aliphatic carbocycles. The molecule has 0 radical (unpaired) electrons. The summed E-state index contributed by atoms with van der Waals surface area (Å²) in [4.78, 5) is 11.3. The molecular formula is C10H9NO3. The Bertz CT molecular complexity index is 393. The Morgan fingerprint density at radius 1 is 1.43 bits per heavy atom. The third kappa shape index (κ3) is 2.23. The fourth-order valence-corrected chi connectivity index (χ4v) is 1.06. The van der Waals surface area contributed by atoms with Crippen molar-refractivity contribution in [1.29, 1.82) is 5.26 Å². The minimum Gasteiger partial charge on any atom is -0.508 e. The Labute approximate surface area is 81.0 Å². The van der Waals surface area contributed by atoms with E-state index in [1.165, 1.54) is 12.1 Å². The van der Waals surface area contributed by atoms with Gasteiger partial charge in [0.05, 0.1) is 11.6 Å². The van der Waals surface area contributed by atoms with E-state index in [2.05, 4.69) is 0 Å². The number of carbonyl (C=O) groups is 1. The van der Waals surface area contributed by atoms with Crippen molar-refractivity contribution in [2.45, 2.75) is 12.8 Å². The van der Waals surface area contributed by atoms with Crippen LogP contribution < -0.4 is 0 Å². The van der Waals surface area contributed by atoms with Gasteiger partial charge in [0.15, 0.2) is 5.78 Å². The van der Waals surface area contributed by atoms with Gasteiger partial charge in [-0.2, -0.15) is 5.26 Å². The number of hydrogen-bond donors (Lipinski definition) is 2. The first kappa shape index (κ1) is 10.1. The molecule has 1 rings (SSSR count). The quantitative estimate of drug-likeness (QED) is 0.710. The lowest BCUT2D eigenvalue weighted by Crippen LogP contribution is -1.98. The zero-order valence-corrected chi connectivity index (χ0v) is 7.40. The summed E-state index contributed by atoms with van der Waals surface area (Å²) in [6, 6.07) is 5.60. The van der Waals surface area contributed by atoms with E-state index in [1.807, 2.05) is 6.07 Å². The van der Waals surface area contributed by atoms with Gasteiger partial charge in [0.25, 0.3) is 0 Å². The zero-order chi connectivity index (χ0) is 10.6. The van der Waals surface area contributed by atoms with Crippen molar-refractivity contribution in [3.05, 3.63) is 23.8 Å². The molecule has 4 nitrogen and oxygen atoms in total. The van der Waals surface area contributed by atoms with Crippen molar-refractivity contribution in [3.8, 4) is 17.6 Å². The molecule has 0 bridgehead atoms. The van der Waals surface area contributed by atoms with E-state index in [0.717, 1.165) is 6.07 Å². The predicted molar refractivity (Wildman–Crippen MR) is 48.9 cm³/mol. The minimum absolute atomic E-state index is 0.0782. The highest BCUT2D eigenvalue weighted by atomic mass is 16.3. The summed E-state index contributed by atoms with van der Waals surface area (Å²) in [6.07, 6.45) is 0.202. The molecule has 0 atom stereocenters. The molecule has 1 aromatic rings. The topological polar surface area (TPSA) is 81.3 Å². The second kappa shape index (κ2) is 4.28. The van der Waals surface area contributed by atoms with Crippen molar-refractivity contribution in [2.75, 3.05) is 0 Å². The van der Waals surface area contributed by atoms with Crippen LogP contribution in [0.2, 0.25) is 0 Å². The first-order valence-electron chi connectivity index (χ1n) is 4.07. The normalized spacial score (nSPS) is 9.36. The molecule has 1 aromatic carbocycles. The summed E-state index contributed by atoms with van der Waals surface area (Å²) >= 11 is 0. The number of nitrogens with zero attached hydrogens (tertiary/aromatic N) is 1. The lowest BCUT2D eigenvalue weighted by atomic mass is 10.1. The van der Waals surface area contributed by atoms with Gasteiger partial charge in [-0.15, -0.1) is 0 Å². The number of hydrogen-bond acceptors (Lipinski definition) is 4. The van der Waals surface area contributed by atoms with E-state index in [-0.39, 0.29) is 35.7 Å². The number of phenols is 2. The van der Waals surface area contributed by atoms with Crippen LogP contribution in [0.25, 0.3) is 0 Å². The minimum atomic E-state index is -0.302. The number of aromatic hydroxyl groups is 2. The molecule has 0 aromatic heterocycles. The first-order chi connectivity index (χ1) is 6.65. The van der Waals surface area contributed by atoms with E-state index in [4.69, 9.17) is 10.4 Å². The molecule has 0 spiro atoms. The van der Waals surface area contributed by atoms with Gasteiger partial charge in [-0.1, -0.05) is 0 Å². The van der Waals surface area contributed by atoms with Crippen molar-refractivity contribution in [3.63, 3.8) is 0 Å². The Morgan fingerprint density at radius 2 is 2.14 bits per heavy atom. The molecular weight excluding hydrogens is 182 g/mol. The molecule has 0 heterocycles. The van der Waals surface area contributed by atoms with Crippen molar-refractivity contribution in [1.82, 2.24) is 0 Å². The highest BCUT2D eigenvalue weighted by molar-refractivity contribution is 5.98. The summed E-state index contributed by atoms with van der Waals surface area (Å²) in [7, 11) is 0. The smallest absolute Gasteiger partial charge is 0.167 e. The number of rotatable bonds is 3. The Kier molecular flexibility index (Phi) is 3.08. The molecule has 2 N–H and O–H groups in total. The fourth-order valence-electron chi connectivity index (χ4n) is 1.06. The summed E-state index contributed by atoms with van der Waals surface area (Å²) < 4.78 is 0. The maximum atomic E-state index is 11.3. The third-order valence-electron chi connectivity index (χ3n) is 1.75. The lowest BCUT2D eigenvalue weighted by molar-refractivity contribution is 0.0981. The second-order valence-electron chi connectivity index (χ2n) is 2.78. The third-order valence-corrected chi connectivity index (χ3v) is 1.75. The van der Waals surface area contributed by atoms with Gasteiger partial charge < -0.3 is 10.2 Å². The van der Waals surface area contributed by atoms with Crippen LogP contribution in [0.15, 0.2) is 18.2 Å². The van der Waals surface area contributed by atoms with Gasteiger partial charge in [0.2, 0.25) is 0 Å². The van der Waals surface area contributed by atoms with Crippen LogP contribution in [-0.4, -0.2) is 16.0 Å². The molecule has 72 valence electrons. The standard InChI is InChI=1S/C10H9NO3/c11-5-1-2-9(13)8-4-3-7(12)6-10(8)14/h3-4,6,12,14H,1-2H2. The number of nitriles is 1. The van der Waals surface area contributed by atoms with Gasteiger partial charge in [-0.3, -0.25) is 4.79 Å². The predicted octanol–water partition coefficient (Wildman–Crippen LogP) is 1.58. The SMILES string of the molecule is N#CCCC(=O)c1ccc(O)cc1O. The Morgan fingerprint density at radius 3 is 2.71 bits per heavy atom. The molecule has 14 heavy (non-hydrogen) atoms. The van der Waals surface area contributed by atoms with E-state index in [1.54, 1.807) is 0 Å². The van der Waals surface area contributed by atoms with E-state index in [9.17, 15) is 9.90 Å². The van der Waals surface area contributed by atoms with Crippen molar-refractivity contribution < 1.29 is 15.0 Å². The molecule has 0 aliphatic rings. The molecule has 0 aliphatic heterocycles. The summed E-state index contributed by atoms with van der Waals surface area (Å²) in [6.45, 7) is 0. The van der Waals surface area contributed by atoms with Crippen LogP contribution in [0.1, 0.15) is 23.2 Å². The average molecular weight is 191 g/mol. The molecule has 0 saturated carbocycles. The van der Waals surface area contributed by atoms with Crippen molar-refractivity contribution >= 4 is 5.78 Å². The van der Waals surface area contributed by atoms with Crippen LogP contribution in [0.3, 0.4) is 0 Å². The van der Waals surface area contributed by atoms with Gasteiger partial charge in [-0.05, 0) is 12.1 Å². The number of carbonyl (C=O) groups excluding carboxylic acids is 1. The lowest BCUT2D eigenvalue weighted by Gasteiger charge is -2.02. The van der Waals surface area contributed by atoms with Crippen molar-refractivity contribution in [2.24, 2.45) is 0 Å². The van der Waals surface area contributed by atoms with E-state index in [0.29, 0.717) is 0 Å². The first-order valence-corrected chi connectivity index (χ1v) is 4.07. The second-order valence-corrected chi connectivity index (χ2v) is 2.78. The average Bonchev–Trinajstić information content (AvgIpc) is 2.14. The van der Waals surface area contributed by atoms with Gasteiger partial charge in [0.1, 0.15) is 11.5 Å². The zero-order valence-electron chi connectivity index (χ0n) is 7.40. The Hall–Kier alpha value is -2.02. The van der Waals surface area contributed by atoms with Gasteiger partial charge in [0, 0.05) is 18.9 Å². The maximum Gasteiger partial charge on any atom is 0.167 e. The van der Waals surface area contributed by atoms with Gasteiger partial charge >= 0.3 is 0 Å².